The Labute approximate surface area is 99.6 Å². The molecule has 3 aliphatic rings. The zero-order valence-electron chi connectivity index (χ0n) is 11.2. The van der Waals surface area contributed by atoms with Crippen LogP contribution in [-0.4, -0.2) is 10.7 Å². The van der Waals surface area contributed by atoms with Gasteiger partial charge in [0.15, 0.2) is 0 Å². The van der Waals surface area contributed by atoms with Crippen LogP contribution in [0, 0.1) is 28.6 Å². The third-order valence-corrected chi connectivity index (χ3v) is 6.79. The first-order valence-electron chi connectivity index (χ1n) is 7.03. The summed E-state index contributed by atoms with van der Waals surface area (Å²) >= 11 is 0. The van der Waals surface area contributed by atoms with Gasteiger partial charge in [-0.05, 0) is 67.6 Å². The zero-order valence-corrected chi connectivity index (χ0v) is 11.2. The van der Waals surface area contributed by atoms with E-state index in [-0.39, 0.29) is 0 Å². The van der Waals surface area contributed by atoms with Gasteiger partial charge in [-0.15, -0.1) is 0 Å². The summed E-state index contributed by atoms with van der Waals surface area (Å²) in [5, 5.41) is 10.6. The molecule has 0 radical (unpaired) electrons. The average molecular weight is 222 g/mol. The third-order valence-electron chi connectivity index (χ3n) is 6.79. The summed E-state index contributed by atoms with van der Waals surface area (Å²) in [5.74, 6) is 2.29. The lowest BCUT2D eigenvalue weighted by atomic mass is 9.64. The van der Waals surface area contributed by atoms with Crippen molar-refractivity contribution in [3.63, 3.8) is 0 Å². The van der Waals surface area contributed by atoms with Gasteiger partial charge >= 0.3 is 0 Å². The van der Waals surface area contributed by atoms with Gasteiger partial charge in [0.25, 0.3) is 0 Å². The summed E-state index contributed by atoms with van der Waals surface area (Å²) < 4.78 is 0. The fraction of sp³-hybridized carbons (Fsp3) is 1.00. The van der Waals surface area contributed by atoms with Gasteiger partial charge in [-0.3, -0.25) is 0 Å². The fourth-order valence-electron chi connectivity index (χ4n) is 5.88. The second-order valence-corrected chi connectivity index (χ2v) is 7.70. The summed E-state index contributed by atoms with van der Waals surface area (Å²) in [7, 11) is 0. The molecule has 5 atom stereocenters. The minimum Gasteiger partial charge on any atom is -0.390 e. The molecule has 16 heavy (non-hydrogen) atoms. The lowest BCUT2D eigenvalue weighted by molar-refractivity contribution is -0.0717. The van der Waals surface area contributed by atoms with Crippen molar-refractivity contribution in [2.24, 2.45) is 28.6 Å². The highest BCUT2D eigenvalue weighted by molar-refractivity contribution is 5.16. The Morgan fingerprint density at radius 2 is 1.69 bits per heavy atom. The first-order chi connectivity index (χ1) is 7.31. The van der Waals surface area contributed by atoms with E-state index >= 15 is 0 Å². The van der Waals surface area contributed by atoms with Crippen LogP contribution in [-0.2, 0) is 0 Å². The van der Waals surface area contributed by atoms with Crippen molar-refractivity contribution in [3.05, 3.63) is 0 Å². The standard InChI is InChI=1S/C15H26O/c1-10-5-6-11-13(2,3)12-9-15(10,11)8-7-14(12,4)16/h10-12,16H,5-9H2,1-4H3/t10-,11-,12-,14-,15+/m1/s1. The van der Waals surface area contributed by atoms with E-state index in [0.717, 1.165) is 18.3 Å². The molecule has 2 bridgehead atoms. The summed E-state index contributed by atoms with van der Waals surface area (Å²) in [6, 6.07) is 0. The SMILES string of the molecule is C[C@@H]1CC[C@@H]2C(C)(C)[C@H]3C[C@@]12CC[C@@]3(C)O. The van der Waals surface area contributed by atoms with Gasteiger partial charge in [-0.2, -0.15) is 0 Å². The Morgan fingerprint density at radius 1 is 1.00 bits per heavy atom. The van der Waals surface area contributed by atoms with E-state index in [2.05, 4.69) is 27.7 Å². The average Bonchev–Trinajstić information content (AvgIpc) is 2.58. The molecule has 0 aliphatic heterocycles. The van der Waals surface area contributed by atoms with Crippen LogP contribution in [0.2, 0.25) is 0 Å². The zero-order chi connectivity index (χ0) is 11.8. The molecule has 1 spiro atoms. The van der Waals surface area contributed by atoms with Gasteiger partial charge in [-0.1, -0.05) is 20.8 Å². The molecule has 0 aromatic heterocycles. The first-order valence-corrected chi connectivity index (χ1v) is 7.03. The second kappa shape index (κ2) is 2.85. The van der Waals surface area contributed by atoms with Gasteiger partial charge in [0, 0.05) is 0 Å². The molecule has 3 aliphatic carbocycles. The number of hydrogen-bond donors (Lipinski definition) is 1. The number of fused-ring (bicyclic) bond motifs is 1. The van der Waals surface area contributed by atoms with Crippen molar-refractivity contribution >= 4 is 0 Å². The normalized spacial score (nSPS) is 58.7. The highest BCUT2D eigenvalue weighted by Crippen LogP contribution is 2.73. The van der Waals surface area contributed by atoms with Crippen molar-refractivity contribution in [1.82, 2.24) is 0 Å². The maximum Gasteiger partial charge on any atom is 0.0653 e. The van der Waals surface area contributed by atoms with Gasteiger partial charge in [0.05, 0.1) is 5.60 Å². The van der Waals surface area contributed by atoms with E-state index in [1.807, 2.05) is 0 Å². The van der Waals surface area contributed by atoms with Crippen LogP contribution in [0.25, 0.3) is 0 Å². The number of aliphatic hydroxyl groups is 1. The number of hydrogen-bond acceptors (Lipinski definition) is 1. The lowest BCUT2D eigenvalue weighted by Crippen LogP contribution is -2.44. The van der Waals surface area contributed by atoms with E-state index in [0.29, 0.717) is 16.7 Å². The Morgan fingerprint density at radius 3 is 2.38 bits per heavy atom. The topological polar surface area (TPSA) is 20.2 Å². The molecule has 0 amide bonds. The molecule has 1 nitrogen and oxygen atoms in total. The molecule has 0 unspecified atom stereocenters. The third kappa shape index (κ3) is 1.06. The van der Waals surface area contributed by atoms with Crippen LogP contribution in [0.5, 0.6) is 0 Å². The maximum absolute atomic E-state index is 10.6. The lowest BCUT2D eigenvalue weighted by Gasteiger charge is -2.44. The minimum atomic E-state index is -0.404. The first kappa shape index (κ1) is 11.1. The quantitative estimate of drug-likeness (QED) is 0.664. The van der Waals surface area contributed by atoms with Gasteiger partial charge in [0.1, 0.15) is 0 Å². The molecule has 1 N–H and O–H groups in total. The van der Waals surface area contributed by atoms with Crippen molar-refractivity contribution in [1.29, 1.82) is 0 Å². The fourth-order valence-corrected chi connectivity index (χ4v) is 5.88. The Hall–Kier alpha value is -0.0400. The molecular formula is C15H26O. The Balaban J connectivity index is 2.07. The summed E-state index contributed by atoms with van der Waals surface area (Å²) in [4.78, 5) is 0. The van der Waals surface area contributed by atoms with E-state index < -0.39 is 5.60 Å². The van der Waals surface area contributed by atoms with E-state index in [4.69, 9.17) is 0 Å². The van der Waals surface area contributed by atoms with Crippen LogP contribution < -0.4 is 0 Å². The van der Waals surface area contributed by atoms with E-state index in [9.17, 15) is 5.11 Å². The Bertz CT molecular complexity index is 313. The molecule has 0 aromatic carbocycles. The van der Waals surface area contributed by atoms with E-state index in [1.54, 1.807) is 0 Å². The molecule has 3 saturated carbocycles. The Kier molecular flexibility index (Phi) is 1.98. The molecule has 0 saturated heterocycles. The highest BCUT2D eigenvalue weighted by atomic mass is 16.3. The van der Waals surface area contributed by atoms with Crippen LogP contribution in [0.3, 0.4) is 0 Å². The molecular weight excluding hydrogens is 196 g/mol. The van der Waals surface area contributed by atoms with Crippen molar-refractivity contribution in [2.45, 2.75) is 65.4 Å². The monoisotopic (exact) mass is 222 g/mol. The predicted octanol–water partition coefficient (Wildman–Crippen LogP) is 3.61. The second-order valence-electron chi connectivity index (χ2n) is 7.70. The highest BCUT2D eigenvalue weighted by Gasteiger charge is 2.67. The maximum atomic E-state index is 10.6. The summed E-state index contributed by atoms with van der Waals surface area (Å²) in [6.07, 6.45) is 6.41. The summed E-state index contributed by atoms with van der Waals surface area (Å²) in [5.41, 5.74) is 0.542. The molecule has 1 heteroatoms. The van der Waals surface area contributed by atoms with Gasteiger partial charge in [-0.25, -0.2) is 0 Å². The predicted molar refractivity (Wildman–Crippen MR) is 66.1 cm³/mol. The van der Waals surface area contributed by atoms with Crippen LogP contribution >= 0.6 is 0 Å². The van der Waals surface area contributed by atoms with Crippen molar-refractivity contribution in [2.75, 3.05) is 0 Å². The van der Waals surface area contributed by atoms with Crippen molar-refractivity contribution < 1.29 is 5.11 Å². The number of rotatable bonds is 0. The van der Waals surface area contributed by atoms with E-state index in [1.165, 1.54) is 25.7 Å². The van der Waals surface area contributed by atoms with Crippen LogP contribution in [0.1, 0.15) is 59.8 Å². The van der Waals surface area contributed by atoms with Gasteiger partial charge < -0.3 is 5.11 Å². The minimum absolute atomic E-state index is 0.352. The van der Waals surface area contributed by atoms with Crippen LogP contribution in [0.4, 0.5) is 0 Å². The summed E-state index contributed by atoms with van der Waals surface area (Å²) in [6.45, 7) is 9.38. The molecule has 3 rings (SSSR count). The molecule has 0 aromatic rings. The molecule has 0 heterocycles. The smallest absolute Gasteiger partial charge is 0.0653 e. The van der Waals surface area contributed by atoms with Crippen molar-refractivity contribution in [3.8, 4) is 0 Å². The molecule has 3 fully saturated rings. The van der Waals surface area contributed by atoms with Crippen LogP contribution in [0.15, 0.2) is 0 Å². The molecule has 92 valence electrons. The largest absolute Gasteiger partial charge is 0.390 e. The van der Waals surface area contributed by atoms with Gasteiger partial charge in [0.2, 0.25) is 0 Å².